The van der Waals surface area contributed by atoms with Crippen LogP contribution in [0.25, 0.3) is 21.2 Å². The minimum atomic E-state index is -1.21. The lowest BCUT2D eigenvalue weighted by molar-refractivity contribution is -0.306. The van der Waals surface area contributed by atoms with Gasteiger partial charge in [-0.1, -0.05) is 66.7 Å². The average Bonchev–Trinajstić information content (AvgIpc) is 3.36. The first kappa shape index (κ1) is 21.2. The van der Waals surface area contributed by atoms with Crippen LogP contribution in [0.4, 0.5) is 4.79 Å². The predicted octanol–water partition coefficient (Wildman–Crippen LogP) is 4.49. The zero-order valence-corrected chi connectivity index (χ0v) is 18.6. The van der Waals surface area contributed by atoms with Gasteiger partial charge in [-0.3, -0.25) is 0 Å². The van der Waals surface area contributed by atoms with E-state index in [4.69, 9.17) is 4.74 Å². The zero-order valence-electron chi connectivity index (χ0n) is 17.8. The van der Waals surface area contributed by atoms with Crippen molar-refractivity contribution in [3.05, 3.63) is 94.9 Å². The van der Waals surface area contributed by atoms with Crippen LogP contribution in [0.3, 0.4) is 0 Å². The molecule has 0 saturated heterocycles. The van der Waals surface area contributed by atoms with Gasteiger partial charge in [0.15, 0.2) is 0 Å². The Labute approximate surface area is 195 Å². The van der Waals surface area contributed by atoms with E-state index in [2.05, 4.69) is 29.6 Å². The Kier molecular flexibility index (Phi) is 5.84. The molecule has 0 bridgehead atoms. The molecule has 1 aliphatic rings. The van der Waals surface area contributed by atoms with Crippen LogP contribution >= 0.6 is 11.3 Å². The highest BCUT2D eigenvalue weighted by Gasteiger charge is 2.29. The van der Waals surface area contributed by atoms with Crippen LogP contribution in [0.1, 0.15) is 29.0 Å². The van der Waals surface area contributed by atoms with Gasteiger partial charge in [0.25, 0.3) is 0 Å². The van der Waals surface area contributed by atoms with E-state index in [-0.39, 0.29) is 18.9 Å². The number of hydrogen-bond acceptors (Lipinski definition) is 5. The number of alkyl carbamates (subject to hydrolysis) is 1. The van der Waals surface area contributed by atoms with Crippen LogP contribution in [-0.4, -0.2) is 24.7 Å². The molecule has 1 aromatic heterocycles. The van der Waals surface area contributed by atoms with Gasteiger partial charge in [-0.25, -0.2) is 4.79 Å². The summed E-state index contributed by atoms with van der Waals surface area (Å²) < 4.78 is 6.72. The number of ether oxygens (including phenoxy) is 1. The minimum Gasteiger partial charge on any atom is -0.550 e. The van der Waals surface area contributed by atoms with Gasteiger partial charge in [-0.05, 0) is 51.1 Å². The number of nitrogens with one attached hydrogen (secondary N) is 1. The lowest BCUT2D eigenvalue weighted by atomic mass is 9.98. The van der Waals surface area contributed by atoms with E-state index in [9.17, 15) is 14.7 Å². The third-order valence-corrected chi connectivity index (χ3v) is 7.12. The maximum Gasteiger partial charge on any atom is 0.407 e. The summed E-state index contributed by atoms with van der Waals surface area (Å²) in [5.41, 5.74) is 5.56. The van der Waals surface area contributed by atoms with Crippen LogP contribution < -0.4 is 10.4 Å². The fourth-order valence-electron chi connectivity index (χ4n) is 4.64. The summed E-state index contributed by atoms with van der Waals surface area (Å²) in [6.45, 7) is 0.180. The number of carboxylic acids is 1. The number of carboxylic acid groups (broad SMARTS) is 1. The Bertz CT molecular complexity index is 1280. The highest BCUT2D eigenvalue weighted by Crippen LogP contribution is 2.44. The molecular weight excluding hydrogens is 434 g/mol. The Morgan fingerprint density at radius 1 is 0.939 bits per heavy atom. The number of hydrogen-bond donors (Lipinski definition) is 1. The molecule has 1 amide bonds. The van der Waals surface area contributed by atoms with Crippen molar-refractivity contribution in [3.8, 4) is 11.1 Å². The smallest absolute Gasteiger partial charge is 0.407 e. The van der Waals surface area contributed by atoms with Crippen molar-refractivity contribution in [2.45, 2.75) is 24.8 Å². The fraction of sp³-hybridized carbons (Fsp3) is 0.185. The normalized spacial score (nSPS) is 13.3. The summed E-state index contributed by atoms with van der Waals surface area (Å²) in [4.78, 5) is 24.0. The van der Waals surface area contributed by atoms with Crippen molar-refractivity contribution >= 4 is 33.5 Å². The van der Waals surface area contributed by atoms with E-state index in [1.807, 2.05) is 53.9 Å². The Balaban J connectivity index is 1.28. The van der Waals surface area contributed by atoms with E-state index >= 15 is 0 Å². The average molecular weight is 457 g/mol. The lowest BCUT2D eigenvalue weighted by Crippen LogP contribution is -2.41. The topological polar surface area (TPSA) is 78.5 Å². The first-order chi connectivity index (χ1) is 16.1. The Hall–Kier alpha value is -3.64. The molecule has 1 aliphatic carbocycles. The van der Waals surface area contributed by atoms with Gasteiger partial charge in [0.2, 0.25) is 0 Å². The molecule has 0 fully saturated rings. The Morgan fingerprint density at radius 3 is 2.27 bits per heavy atom. The van der Waals surface area contributed by atoms with Gasteiger partial charge in [0, 0.05) is 29.0 Å². The highest BCUT2D eigenvalue weighted by molar-refractivity contribution is 7.17. The molecule has 6 heteroatoms. The molecule has 4 aromatic rings. The third-order valence-electron chi connectivity index (χ3n) is 6.11. The number of amides is 1. The summed E-state index contributed by atoms with van der Waals surface area (Å²) in [5, 5.41) is 17.1. The maximum absolute atomic E-state index is 12.7. The van der Waals surface area contributed by atoms with E-state index < -0.39 is 18.1 Å². The van der Waals surface area contributed by atoms with E-state index in [1.165, 1.54) is 0 Å². The molecule has 1 heterocycles. The SMILES string of the molecule is O=C([O-])C[C@H](Cc1csc2ccccc12)NC(=O)OCC1c2ccccc2-c2ccccc21. The quantitative estimate of drug-likeness (QED) is 0.444. The van der Waals surface area contributed by atoms with Crippen LogP contribution in [0, 0.1) is 0 Å². The van der Waals surface area contributed by atoms with Gasteiger partial charge >= 0.3 is 6.09 Å². The largest absolute Gasteiger partial charge is 0.550 e. The van der Waals surface area contributed by atoms with Crippen molar-refractivity contribution in [1.29, 1.82) is 0 Å². The summed E-state index contributed by atoms with van der Waals surface area (Å²) in [6.07, 6.45) is -0.515. The van der Waals surface area contributed by atoms with Crippen LogP contribution in [0.5, 0.6) is 0 Å². The summed E-state index contributed by atoms with van der Waals surface area (Å²) >= 11 is 1.60. The molecule has 0 unspecified atom stereocenters. The molecule has 5 rings (SSSR count). The van der Waals surface area contributed by atoms with Crippen molar-refractivity contribution in [3.63, 3.8) is 0 Å². The van der Waals surface area contributed by atoms with Crippen LogP contribution in [0.15, 0.2) is 78.2 Å². The standard InChI is InChI=1S/C27H23NO4S/c29-26(30)14-18(13-17-16-33-25-12-6-5-7-19(17)25)28-27(31)32-15-24-22-10-3-1-8-20(22)21-9-2-4-11-23(21)24/h1-12,16,18,24H,13-15H2,(H,28,31)(H,29,30)/p-1/t18-/m0/s1. The third kappa shape index (κ3) is 4.34. The first-order valence-corrected chi connectivity index (χ1v) is 11.7. The minimum absolute atomic E-state index is 0.0523. The van der Waals surface area contributed by atoms with Gasteiger partial charge in [-0.15, -0.1) is 11.3 Å². The van der Waals surface area contributed by atoms with E-state index in [0.29, 0.717) is 6.42 Å². The number of rotatable bonds is 7. The summed E-state index contributed by atoms with van der Waals surface area (Å²) in [7, 11) is 0. The molecule has 166 valence electrons. The monoisotopic (exact) mass is 456 g/mol. The molecule has 0 aliphatic heterocycles. The van der Waals surface area contributed by atoms with Crippen molar-refractivity contribution in [2.75, 3.05) is 6.61 Å². The molecule has 1 N–H and O–H groups in total. The summed E-state index contributed by atoms with van der Waals surface area (Å²) in [5.74, 6) is -1.26. The second kappa shape index (κ2) is 9.08. The molecule has 0 spiro atoms. The van der Waals surface area contributed by atoms with Crippen molar-refractivity contribution < 1.29 is 19.4 Å². The van der Waals surface area contributed by atoms with Crippen LogP contribution in [-0.2, 0) is 16.0 Å². The number of thiophene rings is 1. The highest BCUT2D eigenvalue weighted by atomic mass is 32.1. The number of carbonyl (C=O) groups excluding carboxylic acids is 2. The van der Waals surface area contributed by atoms with E-state index in [1.54, 1.807) is 11.3 Å². The molecule has 0 saturated carbocycles. The molecule has 0 radical (unpaired) electrons. The second-order valence-electron chi connectivity index (χ2n) is 8.20. The predicted molar refractivity (Wildman–Crippen MR) is 127 cm³/mol. The number of carbonyl (C=O) groups is 2. The lowest BCUT2D eigenvalue weighted by Gasteiger charge is -2.20. The number of fused-ring (bicyclic) bond motifs is 4. The molecule has 5 nitrogen and oxygen atoms in total. The molecule has 1 atom stereocenters. The Morgan fingerprint density at radius 2 is 1.58 bits per heavy atom. The molecular formula is C27H22NO4S-. The number of benzene rings is 3. The zero-order chi connectivity index (χ0) is 22.8. The second-order valence-corrected chi connectivity index (χ2v) is 9.12. The van der Waals surface area contributed by atoms with Gasteiger partial charge in [-0.2, -0.15) is 0 Å². The molecule has 33 heavy (non-hydrogen) atoms. The van der Waals surface area contributed by atoms with Gasteiger partial charge < -0.3 is 20.0 Å². The first-order valence-electron chi connectivity index (χ1n) is 10.9. The van der Waals surface area contributed by atoms with Gasteiger partial charge in [0.1, 0.15) is 6.61 Å². The van der Waals surface area contributed by atoms with E-state index in [0.717, 1.165) is 37.9 Å². The van der Waals surface area contributed by atoms with Crippen LogP contribution in [0.2, 0.25) is 0 Å². The maximum atomic E-state index is 12.7. The van der Waals surface area contributed by atoms with Gasteiger partial charge in [0.05, 0.1) is 0 Å². The fourth-order valence-corrected chi connectivity index (χ4v) is 5.61. The van der Waals surface area contributed by atoms with Crippen molar-refractivity contribution in [2.24, 2.45) is 0 Å². The van der Waals surface area contributed by atoms with Crippen molar-refractivity contribution in [1.82, 2.24) is 5.32 Å². The molecule has 3 aromatic carbocycles. The summed E-state index contributed by atoms with van der Waals surface area (Å²) in [6, 6.07) is 23.6. The number of aliphatic carboxylic acids is 1.